The minimum Gasteiger partial charge on any atom is -0.361 e. The molecule has 134 valence electrons. The summed E-state index contributed by atoms with van der Waals surface area (Å²) in [4.78, 5) is 22.7. The van der Waals surface area contributed by atoms with E-state index in [1.54, 1.807) is 6.20 Å². The van der Waals surface area contributed by atoms with Gasteiger partial charge in [0.15, 0.2) is 5.69 Å². The Labute approximate surface area is 156 Å². The monoisotopic (exact) mass is 357 g/mol. The average Bonchev–Trinajstić information content (AvgIpc) is 3.36. The van der Waals surface area contributed by atoms with Gasteiger partial charge in [-0.1, -0.05) is 24.3 Å². The molecule has 0 spiro atoms. The van der Waals surface area contributed by atoms with Crippen molar-refractivity contribution in [2.75, 3.05) is 6.54 Å². The molecular weight excluding hydrogens is 338 g/mol. The van der Waals surface area contributed by atoms with Crippen molar-refractivity contribution in [3.05, 3.63) is 83.1 Å². The van der Waals surface area contributed by atoms with E-state index >= 15 is 0 Å². The Bertz CT molecular complexity index is 1130. The summed E-state index contributed by atoms with van der Waals surface area (Å²) in [7, 11) is 0. The molecule has 0 fully saturated rings. The van der Waals surface area contributed by atoms with E-state index in [0.29, 0.717) is 12.2 Å². The normalized spacial score (nSPS) is 16.3. The molecule has 1 atom stereocenters. The molecule has 5 rings (SSSR count). The van der Waals surface area contributed by atoms with Crippen molar-refractivity contribution in [2.45, 2.75) is 19.4 Å². The van der Waals surface area contributed by atoms with Gasteiger partial charge in [-0.15, -0.1) is 0 Å². The lowest BCUT2D eigenvalue weighted by atomic mass is 10.0. The van der Waals surface area contributed by atoms with Gasteiger partial charge in [-0.3, -0.25) is 14.9 Å². The van der Waals surface area contributed by atoms with E-state index in [1.165, 1.54) is 10.9 Å². The number of aromatic nitrogens is 4. The van der Waals surface area contributed by atoms with Crippen LogP contribution in [0.25, 0.3) is 10.9 Å². The molecule has 0 radical (unpaired) electrons. The smallest absolute Gasteiger partial charge is 0.275 e. The maximum absolute atomic E-state index is 13.0. The van der Waals surface area contributed by atoms with Gasteiger partial charge in [0.25, 0.3) is 5.91 Å². The molecule has 6 nitrogen and oxygen atoms in total. The molecule has 2 N–H and O–H groups in total. The standard InChI is InChI=1S/C21H19N5O/c1-13-18-19(25-24-13)21(27)26(20(18)17-8-4-5-10-22-17)11-9-14-12-23-16-7-3-2-6-15(14)16/h2-8,10,12,20,23H,9,11H2,1H3,(H,24,25). The number of pyridine rings is 1. The lowest BCUT2D eigenvalue weighted by Gasteiger charge is -2.25. The molecule has 0 bridgehead atoms. The molecule has 1 amide bonds. The number of carbonyl (C=O) groups excluding carboxylic acids is 1. The second kappa shape index (κ2) is 6.09. The number of hydrogen-bond acceptors (Lipinski definition) is 3. The zero-order valence-corrected chi connectivity index (χ0v) is 14.9. The molecule has 3 aromatic heterocycles. The van der Waals surface area contributed by atoms with Crippen LogP contribution in [0.4, 0.5) is 0 Å². The second-order valence-corrected chi connectivity index (χ2v) is 6.88. The summed E-state index contributed by atoms with van der Waals surface area (Å²) in [6.45, 7) is 2.57. The number of benzene rings is 1. The average molecular weight is 357 g/mol. The molecule has 4 heterocycles. The van der Waals surface area contributed by atoms with Crippen LogP contribution in [0.15, 0.2) is 54.9 Å². The van der Waals surface area contributed by atoms with E-state index < -0.39 is 0 Å². The van der Waals surface area contributed by atoms with Crippen LogP contribution in [0.1, 0.15) is 39.0 Å². The number of rotatable bonds is 4. The highest BCUT2D eigenvalue weighted by Crippen LogP contribution is 2.38. The Morgan fingerprint density at radius 1 is 1.15 bits per heavy atom. The molecule has 0 saturated carbocycles. The van der Waals surface area contributed by atoms with E-state index in [0.717, 1.165) is 28.9 Å². The number of nitrogens with one attached hydrogen (secondary N) is 2. The van der Waals surface area contributed by atoms with Crippen molar-refractivity contribution in [2.24, 2.45) is 0 Å². The van der Waals surface area contributed by atoms with Crippen LogP contribution in [-0.2, 0) is 6.42 Å². The quantitative estimate of drug-likeness (QED) is 0.588. The Morgan fingerprint density at radius 3 is 2.85 bits per heavy atom. The number of nitrogens with zero attached hydrogens (tertiary/aromatic N) is 3. The molecule has 27 heavy (non-hydrogen) atoms. The van der Waals surface area contributed by atoms with Gasteiger partial charge < -0.3 is 9.88 Å². The molecule has 1 aliphatic rings. The molecule has 1 unspecified atom stereocenters. The first-order chi connectivity index (χ1) is 13.2. The highest BCUT2D eigenvalue weighted by Gasteiger charge is 2.41. The van der Waals surface area contributed by atoms with Gasteiger partial charge in [-0.2, -0.15) is 5.10 Å². The third-order valence-electron chi connectivity index (χ3n) is 5.31. The Balaban J connectivity index is 1.50. The van der Waals surface area contributed by atoms with Gasteiger partial charge in [0.05, 0.1) is 5.69 Å². The fourth-order valence-electron chi connectivity index (χ4n) is 4.00. The van der Waals surface area contributed by atoms with Crippen LogP contribution in [0.5, 0.6) is 0 Å². The third-order valence-corrected chi connectivity index (χ3v) is 5.31. The number of hydrogen-bond donors (Lipinski definition) is 2. The van der Waals surface area contributed by atoms with Crippen LogP contribution in [-0.4, -0.2) is 37.5 Å². The fraction of sp³-hybridized carbons (Fsp3) is 0.190. The third kappa shape index (κ3) is 2.44. The topological polar surface area (TPSA) is 77.7 Å². The lowest BCUT2D eigenvalue weighted by molar-refractivity contribution is 0.0743. The summed E-state index contributed by atoms with van der Waals surface area (Å²) in [5.41, 5.74) is 5.57. The first kappa shape index (κ1) is 15.8. The van der Waals surface area contributed by atoms with Gasteiger partial charge in [0.1, 0.15) is 6.04 Å². The van der Waals surface area contributed by atoms with Gasteiger partial charge in [-0.05, 0) is 37.1 Å². The number of fused-ring (bicyclic) bond motifs is 2. The van der Waals surface area contributed by atoms with Crippen molar-refractivity contribution in [1.29, 1.82) is 0 Å². The number of aryl methyl sites for hydroxylation is 1. The van der Waals surface area contributed by atoms with Crippen LogP contribution in [0.3, 0.4) is 0 Å². The highest BCUT2D eigenvalue weighted by atomic mass is 16.2. The maximum Gasteiger partial charge on any atom is 0.275 e. The van der Waals surface area contributed by atoms with E-state index in [9.17, 15) is 4.79 Å². The summed E-state index contributed by atoms with van der Waals surface area (Å²) in [5.74, 6) is -0.0372. The first-order valence-corrected chi connectivity index (χ1v) is 9.06. The molecule has 6 heteroatoms. The van der Waals surface area contributed by atoms with Crippen LogP contribution in [0, 0.1) is 6.92 Å². The van der Waals surface area contributed by atoms with Crippen LogP contribution >= 0.6 is 0 Å². The van der Waals surface area contributed by atoms with Crippen molar-refractivity contribution in [3.8, 4) is 0 Å². The minimum atomic E-state index is -0.197. The molecule has 1 aromatic carbocycles. The van der Waals surface area contributed by atoms with Crippen LogP contribution in [0.2, 0.25) is 0 Å². The number of aromatic amines is 2. The molecule has 0 aliphatic carbocycles. The Kier molecular flexibility index (Phi) is 3.57. The van der Waals surface area contributed by atoms with Crippen molar-refractivity contribution in [3.63, 3.8) is 0 Å². The van der Waals surface area contributed by atoms with E-state index in [-0.39, 0.29) is 11.9 Å². The number of amides is 1. The molecule has 0 saturated heterocycles. The summed E-state index contributed by atoms with van der Waals surface area (Å²) in [6, 6.07) is 13.9. The largest absolute Gasteiger partial charge is 0.361 e. The lowest BCUT2D eigenvalue weighted by Crippen LogP contribution is -2.32. The fourth-order valence-corrected chi connectivity index (χ4v) is 4.00. The second-order valence-electron chi connectivity index (χ2n) is 6.88. The van der Waals surface area contributed by atoms with E-state index in [4.69, 9.17) is 0 Å². The summed E-state index contributed by atoms with van der Waals surface area (Å²) < 4.78 is 0. The SMILES string of the molecule is Cc1[nH]nc2c1C(c1ccccn1)N(CCc1c[nH]c3ccccc13)C2=O. The molecule has 1 aliphatic heterocycles. The first-order valence-electron chi connectivity index (χ1n) is 9.06. The van der Waals surface area contributed by atoms with Gasteiger partial charge in [-0.25, -0.2) is 0 Å². The van der Waals surface area contributed by atoms with Crippen molar-refractivity contribution < 1.29 is 4.79 Å². The maximum atomic E-state index is 13.0. The Hall–Kier alpha value is -3.41. The van der Waals surface area contributed by atoms with Gasteiger partial charge in [0.2, 0.25) is 0 Å². The number of carbonyl (C=O) groups is 1. The van der Waals surface area contributed by atoms with Crippen molar-refractivity contribution >= 4 is 16.8 Å². The highest BCUT2D eigenvalue weighted by molar-refractivity contribution is 5.98. The van der Waals surface area contributed by atoms with Crippen molar-refractivity contribution in [1.82, 2.24) is 25.1 Å². The number of para-hydroxylation sites is 1. The predicted octanol–water partition coefficient (Wildman–Crippen LogP) is 3.38. The molecular formula is C21H19N5O. The minimum absolute atomic E-state index is 0.0372. The van der Waals surface area contributed by atoms with Gasteiger partial charge >= 0.3 is 0 Å². The van der Waals surface area contributed by atoms with E-state index in [2.05, 4.69) is 32.3 Å². The van der Waals surface area contributed by atoms with Gasteiger partial charge in [0, 0.05) is 41.1 Å². The predicted molar refractivity (Wildman–Crippen MR) is 102 cm³/mol. The summed E-state index contributed by atoms with van der Waals surface area (Å²) in [5, 5.41) is 8.40. The zero-order valence-electron chi connectivity index (χ0n) is 14.9. The van der Waals surface area contributed by atoms with Crippen LogP contribution < -0.4 is 0 Å². The summed E-state index contributed by atoms with van der Waals surface area (Å²) >= 11 is 0. The Morgan fingerprint density at radius 2 is 2.00 bits per heavy atom. The summed E-state index contributed by atoms with van der Waals surface area (Å²) in [6.07, 6.45) is 4.57. The zero-order chi connectivity index (χ0) is 18.4. The molecule has 4 aromatic rings. The number of H-pyrrole nitrogens is 2. The van der Waals surface area contributed by atoms with E-state index in [1.807, 2.05) is 48.4 Å².